The lowest BCUT2D eigenvalue weighted by Crippen LogP contribution is -2.13. The number of anilines is 1. The van der Waals surface area contributed by atoms with Crippen LogP contribution >= 0.6 is 27.5 Å². The van der Waals surface area contributed by atoms with Crippen LogP contribution in [0, 0.1) is 18.3 Å². The van der Waals surface area contributed by atoms with E-state index in [1.54, 1.807) is 36.4 Å². The van der Waals surface area contributed by atoms with E-state index in [1.165, 1.54) is 13.2 Å². The molecule has 1 N–H and O–H groups in total. The number of amides is 1. The summed E-state index contributed by atoms with van der Waals surface area (Å²) in [5.74, 6) is 0.275. The zero-order valence-electron chi connectivity index (χ0n) is 17.5. The number of benzene rings is 3. The summed E-state index contributed by atoms with van der Waals surface area (Å²) >= 11 is 9.78. The zero-order chi connectivity index (χ0) is 23.1. The van der Waals surface area contributed by atoms with Crippen molar-refractivity contribution in [2.45, 2.75) is 13.5 Å². The highest BCUT2D eigenvalue weighted by Gasteiger charge is 2.14. The van der Waals surface area contributed by atoms with Crippen LogP contribution in [0.15, 0.2) is 70.7 Å². The number of hydrogen-bond donors (Lipinski definition) is 1. The van der Waals surface area contributed by atoms with Crippen molar-refractivity contribution in [3.05, 3.63) is 92.4 Å². The van der Waals surface area contributed by atoms with Crippen LogP contribution in [-0.2, 0) is 11.4 Å². The predicted molar refractivity (Wildman–Crippen MR) is 130 cm³/mol. The van der Waals surface area contributed by atoms with Crippen LogP contribution < -0.4 is 14.8 Å². The molecule has 7 heteroatoms. The van der Waals surface area contributed by atoms with E-state index in [2.05, 4.69) is 21.2 Å². The highest BCUT2D eigenvalue weighted by atomic mass is 79.9. The number of nitriles is 1. The number of carbonyl (C=O) groups excluding carboxylic acids is 1. The molecule has 0 aromatic heterocycles. The molecule has 0 aliphatic heterocycles. The molecule has 32 heavy (non-hydrogen) atoms. The van der Waals surface area contributed by atoms with Crippen molar-refractivity contribution in [1.82, 2.24) is 0 Å². The molecule has 3 rings (SSSR count). The van der Waals surface area contributed by atoms with Gasteiger partial charge >= 0.3 is 0 Å². The minimum Gasteiger partial charge on any atom is -0.493 e. The Morgan fingerprint density at radius 2 is 1.94 bits per heavy atom. The van der Waals surface area contributed by atoms with Gasteiger partial charge in [-0.3, -0.25) is 4.79 Å². The molecule has 0 atom stereocenters. The molecule has 0 bridgehead atoms. The summed E-state index contributed by atoms with van der Waals surface area (Å²) in [7, 11) is 1.50. The number of nitrogens with one attached hydrogen (secondary N) is 1. The van der Waals surface area contributed by atoms with E-state index in [4.69, 9.17) is 21.1 Å². The second kappa shape index (κ2) is 10.9. The fraction of sp³-hybridized carbons (Fsp3) is 0.120. The molecular weight excluding hydrogens is 492 g/mol. The molecular formula is C25H20BrClN2O3. The van der Waals surface area contributed by atoms with Crippen molar-refractivity contribution < 1.29 is 14.3 Å². The lowest BCUT2D eigenvalue weighted by Gasteiger charge is -2.14. The van der Waals surface area contributed by atoms with Crippen LogP contribution in [0.25, 0.3) is 6.08 Å². The topological polar surface area (TPSA) is 71.3 Å². The quantitative estimate of drug-likeness (QED) is 0.289. The molecule has 0 saturated carbocycles. The van der Waals surface area contributed by atoms with Crippen LogP contribution in [0.1, 0.15) is 16.7 Å². The number of methoxy groups -OCH3 is 1. The van der Waals surface area contributed by atoms with E-state index >= 15 is 0 Å². The van der Waals surface area contributed by atoms with E-state index in [1.807, 2.05) is 37.3 Å². The zero-order valence-corrected chi connectivity index (χ0v) is 19.8. The first kappa shape index (κ1) is 23.4. The number of hydrogen-bond acceptors (Lipinski definition) is 4. The van der Waals surface area contributed by atoms with Gasteiger partial charge in [-0.1, -0.05) is 57.4 Å². The second-order valence-corrected chi connectivity index (χ2v) is 8.27. The summed E-state index contributed by atoms with van der Waals surface area (Å²) in [6.07, 6.45) is 1.45. The maximum absolute atomic E-state index is 12.5. The van der Waals surface area contributed by atoms with Gasteiger partial charge in [-0.15, -0.1) is 0 Å². The SMILES string of the molecule is COc1cc(/C=C(/C#N)C(=O)Nc2ccc(Br)cc2)cc(Cl)c1OCc1cccc(C)c1. The first-order valence-electron chi connectivity index (χ1n) is 9.64. The Labute approximate surface area is 200 Å². The second-order valence-electron chi connectivity index (χ2n) is 6.94. The molecule has 3 aromatic rings. The number of halogens is 2. The Bertz CT molecular complexity index is 1200. The maximum Gasteiger partial charge on any atom is 0.266 e. The molecule has 0 aliphatic carbocycles. The predicted octanol–water partition coefficient (Wildman–Crippen LogP) is 6.54. The van der Waals surface area contributed by atoms with Crippen molar-refractivity contribution in [3.8, 4) is 17.6 Å². The Morgan fingerprint density at radius 3 is 2.59 bits per heavy atom. The van der Waals surface area contributed by atoms with Crippen LogP contribution in [0.5, 0.6) is 11.5 Å². The third kappa shape index (κ3) is 6.13. The number of aryl methyl sites for hydroxylation is 1. The van der Waals surface area contributed by atoms with Crippen molar-refractivity contribution in [2.24, 2.45) is 0 Å². The Kier molecular flexibility index (Phi) is 7.93. The highest BCUT2D eigenvalue weighted by Crippen LogP contribution is 2.37. The lowest BCUT2D eigenvalue weighted by molar-refractivity contribution is -0.112. The molecule has 0 fully saturated rings. The van der Waals surface area contributed by atoms with Crippen molar-refractivity contribution in [2.75, 3.05) is 12.4 Å². The minimum atomic E-state index is -0.523. The van der Waals surface area contributed by atoms with Crippen LogP contribution in [0.3, 0.4) is 0 Å². The third-order valence-corrected chi connectivity index (χ3v) is 5.31. The van der Waals surface area contributed by atoms with Gasteiger partial charge in [0.2, 0.25) is 0 Å². The third-order valence-electron chi connectivity index (χ3n) is 4.50. The Morgan fingerprint density at radius 1 is 1.19 bits per heavy atom. The monoisotopic (exact) mass is 510 g/mol. The summed E-state index contributed by atoms with van der Waals surface area (Å²) < 4.78 is 12.2. The number of rotatable bonds is 7. The van der Waals surface area contributed by atoms with Crippen LogP contribution in [0.4, 0.5) is 5.69 Å². The summed E-state index contributed by atoms with van der Waals surface area (Å²) in [6, 6.07) is 20.3. The Balaban J connectivity index is 1.81. The number of nitrogens with zero attached hydrogens (tertiary/aromatic N) is 1. The molecule has 162 valence electrons. The average Bonchev–Trinajstić information content (AvgIpc) is 2.77. The lowest BCUT2D eigenvalue weighted by atomic mass is 10.1. The van der Waals surface area contributed by atoms with Gasteiger partial charge in [-0.05, 0) is 60.5 Å². The molecule has 0 saturated heterocycles. The maximum atomic E-state index is 12.5. The molecule has 0 aliphatic rings. The van der Waals surface area contributed by atoms with Crippen molar-refractivity contribution in [3.63, 3.8) is 0 Å². The van der Waals surface area contributed by atoms with Gasteiger partial charge in [-0.2, -0.15) is 5.26 Å². The van der Waals surface area contributed by atoms with Gasteiger partial charge < -0.3 is 14.8 Å². The summed E-state index contributed by atoms with van der Waals surface area (Å²) in [5.41, 5.74) is 3.19. The van der Waals surface area contributed by atoms with Gasteiger partial charge in [0, 0.05) is 10.2 Å². The smallest absolute Gasteiger partial charge is 0.266 e. The molecule has 0 unspecified atom stereocenters. The first-order valence-corrected chi connectivity index (χ1v) is 10.8. The minimum absolute atomic E-state index is 0.0699. The molecule has 0 spiro atoms. The first-order chi connectivity index (χ1) is 15.4. The average molecular weight is 512 g/mol. The summed E-state index contributed by atoms with van der Waals surface area (Å²) in [6.45, 7) is 2.34. The highest BCUT2D eigenvalue weighted by molar-refractivity contribution is 9.10. The Hall–Kier alpha value is -3.27. The van der Waals surface area contributed by atoms with Gasteiger partial charge in [0.05, 0.1) is 12.1 Å². The molecule has 0 radical (unpaired) electrons. The van der Waals surface area contributed by atoms with E-state index < -0.39 is 5.91 Å². The van der Waals surface area contributed by atoms with Gasteiger partial charge in [-0.25, -0.2) is 0 Å². The normalized spacial score (nSPS) is 10.9. The van der Waals surface area contributed by atoms with Gasteiger partial charge in [0.1, 0.15) is 18.2 Å². The van der Waals surface area contributed by atoms with E-state index in [0.717, 1.165) is 15.6 Å². The number of carbonyl (C=O) groups is 1. The standard InChI is InChI=1S/C25H20BrClN2O3/c1-16-4-3-5-17(10-16)15-32-24-22(27)12-18(13-23(24)31-2)11-19(14-28)25(30)29-21-8-6-20(26)7-9-21/h3-13H,15H2,1-2H3,(H,29,30)/b19-11-. The largest absolute Gasteiger partial charge is 0.493 e. The van der Waals surface area contributed by atoms with Crippen LogP contribution in [0.2, 0.25) is 5.02 Å². The van der Waals surface area contributed by atoms with Gasteiger partial charge in [0.15, 0.2) is 11.5 Å². The summed E-state index contributed by atoms with van der Waals surface area (Å²) in [5, 5.41) is 12.5. The van der Waals surface area contributed by atoms with Crippen molar-refractivity contribution in [1.29, 1.82) is 5.26 Å². The van der Waals surface area contributed by atoms with E-state index in [-0.39, 0.29) is 5.57 Å². The fourth-order valence-electron chi connectivity index (χ4n) is 2.97. The number of ether oxygens (including phenoxy) is 2. The molecule has 3 aromatic carbocycles. The molecule has 0 heterocycles. The van der Waals surface area contributed by atoms with Gasteiger partial charge in [0.25, 0.3) is 5.91 Å². The van der Waals surface area contributed by atoms with Crippen LogP contribution in [-0.4, -0.2) is 13.0 Å². The van der Waals surface area contributed by atoms with E-state index in [9.17, 15) is 10.1 Å². The summed E-state index contributed by atoms with van der Waals surface area (Å²) in [4.78, 5) is 12.5. The fourth-order valence-corrected chi connectivity index (χ4v) is 3.51. The van der Waals surface area contributed by atoms with Crippen molar-refractivity contribution >= 4 is 45.2 Å². The van der Waals surface area contributed by atoms with E-state index in [0.29, 0.717) is 34.4 Å². The molecule has 1 amide bonds. The molecule has 5 nitrogen and oxygen atoms in total.